The molecule has 3 nitrogen and oxygen atoms in total. The molecular formula is C8H13NO2S. The van der Waals surface area contributed by atoms with Crippen LogP contribution in [0.5, 0.6) is 0 Å². The van der Waals surface area contributed by atoms with Gasteiger partial charge in [0, 0.05) is 11.4 Å². The quantitative estimate of drug-likeness (QED) is 0.642. The molecular weight excluding hydrogens is 174 g/mol. The molecule has 0 saturated heterocycles. The van der Waals surface area contributed by atoms with E-state index in [-0.39, 0.29) is 6.54 Å². The molecule has 1 aromatic rings. The number of aryl methyl sites for hydroxylation is 1. The fourth-order valence-electron chi connectivity index (χ4n) is 1.04. The average Bonchev–Trinajstić information content (AvgIpc) is 2.48. The molecule has 0 aromatic carbocycles. The van der Waals surface area contributed by atoms with E-state index in [2.05, 4.69) is 0 Å². The van der Waals surface area contributed by atoms with Gasteiger partial charge in [-0.2, -0.15) is 0 Å². The zero-order valence-electron chi connectivity index (χ0n) is 6.90. The fourth-order valence-corrected chi connectivity index (χ4v) is 1.78. The largest absolute Gasteiger partial charge is 0.389 e. The van der Waals surface area contributed by atoms with Crippen LogP contribution in [0.3, 0.4) is 0 Å². The van der Waals surface area contributed by atoms with Gasteiger partial charge in [0.05, 0.1) is 6.10 Å². The lowest BCUT2D eigenvalue weighted by molar-refractivity contribution is 0.0242. The summed E-state index contributed by atoms with van der Waals surface area (Å²) < 4.78 is 0. The first-order chi connectivity index (χ1) is 5.66. The van der Waals surface area contributed by atoms with Crippen LogP contribution >= 0.6 is 11.3 Å². The molecule has 1 heterocycles. The summed E-state index contributed by atoms with van der Waals surface area (Å²) in [6, 6.07) is 1.81. The van der Waals surface area contributed by atoms with Gasteiger partial charge in [-0.15, -0.1) is 11.3 Å². The molecule has 1 rings (SSSR count). The molecule has 0 radical (unpaired) electrons. The monoisotopic (exact) mass is 187 g/mol. The maximum absolute atomic E-state index is 9.54. The van der Waals surface area contributed by atoms with Crippen LogP contribution in [-0.2, 0) is 0 Å². The van der Waals surface area contributed by atoms with Crippen LogP contribution in [0, 0.1) is 6.92 Å². The summed E-state index contributed by atoms with van der Waals surface area (Å²) in [5, 5.41) is 20.7. The molecule has 0 bridgehead atoms. The molecule has 0 aliphatic carbocycles. The molecule has 4 N–H and O–H groups in total. The predicted molar refractivity (Wildman–Crippen MR) is 49.1 cm³/mol. The third-order valence-electron chi connectivity index (χ3n) is 1.82. The molecule has 12 heavy (non-hydrogen) atoms. The van der Waals surface area contributed by atoms with Gasteiger partial charge in [-0.25, -0.2) is 0 Å². The van der Waals surface area contributed by atoms with Crippen LogP contribution in [0.25, 0.3) is 0 Å². The van der Waals surface area contributed by atoms with Gasteiger partial charge < -0.3 is 15.9 Å². The van der Waals surface area contributed by atoms with Crippen molar-refractivity contribution in [3.05, 3.63) is 21.9 Å². The second-order valence-corrected chi connectivity index (χ2v) is 3.80. The predicted octanol–water partition coefficient (Wildman–Crippen LogP) is 0.410. The molecule has 4 heteroatoms. The number of rotatable bonds is 3. The van der Waals surface area contributed by atoms with Gasteiger partial charge in [-0.3, -0.25) is 0 Å². The van der Waals surface area contributed by atoms with E-state index in [0.29, 0.717) is 0 Å². The minimum absolute atomic E-state index is 0.0798. The molecule has 0 aliphatic rings. The highest BCUT2D eigenvalue weighted by Crippen LogP contribution is 2.24. The third kappa shape index (κ3) is 1.84. The van der Waals surface area contributed by atoms with Gasteiger partial charge in [0.2, 0.25) is 0 Å². The Kier molecular flexibility index (Phi) is 3.22. The van der Waals surface area contributed by atoms with Gasteiger partial charge in [-0.1, -0.05) is 0 Å². The van der Waals surface area contributed by atoms with Crippen molar-refractivity contribution in [2.24, 2.45) is 5.73 Å². The molecule has 0 saturated carbocycles. The number of hydrogen-bond donors (Lipinski definition) is 3. The summed E-state index contributed by atoms with van der Waals surface area (Å²) in [6.07, 6.45) is -1.71. The normalized spacial score (nSPS) is 16.0. The lowest BCUT2D eigenvalue weighted by Crippen LogP contribution is -2.27. The molecule has 0 amide bonds. The lowest BCUT2D eigenvalue weighted by Gasteiger charge is -2.15. The van der Waals surface area contributed by atoms with E-state index in [9.17, 15) is 10.2 Å². The average molecular weight is 187 g/mol. The highest BCUT2D eigenvalue weighted by atomic mass is 32.1. The summed E-state index contributed by atoms with van der Waals surface area (Å²) in [5.41, 5.74) is 6.00. The van der Waals surface area contributed by atoms with E-state index < -0.39 is 12.2 Å². The first kappa shape index (κ1) is 9.67. The summed E-state index contributed by atoms with van der Waals surface area (Å²) in [6.45, 7) is 1.99. The van der Waals surface area contributed by atoms with E-state index >= 15 is 0 Å². The number of aliphatic hydroxyl groups is 2. The van der Waals surface area contributed by atoms with Crippen molar-refractivity contribution in [3.8, 4) is 0 Å². The van der Waals surface area contributed by atoms with Crippen molar-refractivity contribution in [2.75, 3.05) is 6.54 Å². The van der Waals surface area contributed by atoms with Gasteiger partial charge in [0.1, 0.15) is 6.10 Å². The molecule has 68 valence electrons. The highest BCUT2D eigenvalue weighted by molar-refractivity contribution is 7.10. The molecule has 0 aliphatic heterocycles. The Bertz CT molecular complexity index is 249. The maximum atomic E-state index is 9.54. The Hall–Kier alpha value is -0.420. The van der Waals surface area contributed by atoms with E-state index in [1.807, 2.05) is 18.4 Å². The van der Waals surface area contributed by atoms with Gasteiger partial charge in [0.15, 0.2) is 0 Å². The van der Waals surface area contributed by atoms with Gasteiger partial charge in [0.25, 0.3) is 0 Å². The number of thiophene rings is 1. The highest BCUT2D eigenvalue weighted by Gasteiger charge is 2.18. The summed E-state index contributed by atoms with van der Waals surface area (Å²) in [7, 11) is 0. The Morgan fingerprint density at radius 2 is 2.25 bits per heavy atom. The number of aliphatic hydroxyl groups excluding tert-OH is 2. The van der Waals surface area contributed by atoms with E-state index in [1.54, 1.807) is 11.3 Å². The second kappa shape index (κ2) is 4.00. The Morgan fingerprint density at radius 3 is 2.67 bits per heavy atom. The minimum atomic E-state index is -0.863. The summed E-state index contributed by atoms with van der Waals surface area (Å²) in [4.78, 5) is 1.02. The van der Waals surface area contributed by atoms with Crippen LogP contribution in [0.1, 0.15) is 16.5 Å². The molecule has 1 aromatic heterocycles. The van der Waals surface area contributed by atoms with Crippen molar-refractivity contribution < 1.29 is 10.2 Å². The number of hydrogen-bond acceptors (Lipinski definition) is 4. The SMILES string of the molecule is Cc1sccc1C(O)C(O)CN. The van der Waals surface area contributed by atoms with Crippen LogP contribution in [0.2, 0.25) is 0 Å². The zero-order chi connectivity index (χ0) is 9.14. The second-order valence-electron chi connectivity index (χ2n) is 2.68. The van der Waals surface area contributed by atoms with Crippen molar-refractivity contribution >= 4 is 11.3 Å². The Balaban J connectivity index is 2.77. The van der Waals surface area contributed by atoms with E-state index in [1.165, 1.54) is 0 Å². The van der Waals surface area contributed by atoms with Crippen molar-refractivity contribution in [2.45, 2.75) is 19.1 Å². The van der Waals surface area contributed by atoms with E-state index in [0.717, 1.165) is 10.4 Å². The molecule has 0 spiro atoms. The summed E-state index contributed by atoms with van der Waals surface area (Å²) in [5.74, 6) is 0. The van der Waals surface area contributed by atoms with Crippen molar-refractivity contribution in [3.63, 3.8) is 0 Å². The first-order valence-electron chi connectivity index (χ1n) is 3.77. The van der Waals surface area contributed by atoms with Crippen LogP contribution in [0.15, 0.2) is 11.4 Å². The third-order valence-corrected chi connectivity index (χ3v) is 2.68. The van der Waals surface area contributed by atoms with Crippen LogP contribution in [0.4, 0.5) is 0 Å². The minimum Gasteiger partial charge on any atom is -0.389 e. The fraction of sp³-hybridized carbons (Fsp3) is 0.500. The topological polar surface area (TPSA) is 66.5 Å². The standard InChI is InChI=1S/C8H13NO2S/c1-5-6(2-3-12-5)8(11)7(10)4-9/h2-3,7-8,10-11H,4,9H2,1H3. The molecule has 0 fully saturated rings. The summed E-state index contributed by atoms with van der Waals surface area (Å²) >= 11 is 1.55. The first-order valence-corrected chi connectivity index (χ1v) is 4.65. The Labute approximate surface area is 75.5 Å². The van der Waals surface area contributed by atoms with Crippen LogP contribution in [-0.4, -0.2) is 22.9 Å². The van der Waals surface area contributed by atoms with Crippen molar-refractivity contribution in [1.82, 2.24) is 0 Å². The zero-order valence-corrected chi connectivity index (χ0v) is 7.71. The van der Waals surface area contributed by atoms with E-state index in [4.69, 9.17) is 5.73 Å². The van der Waals surface area contributed by atoms with Crippen molar-refractivity contribution in [1.29, 1.82) is 0 Å². The van der Waals surface area contributed by atoms with Gasteiger partial charge >= 0.3 is 0 Å². The smallest absolute Gasteiger partial charge is 0.107 e. The maximum Gasteiger partial charge on any atom is 0.107 e. The molecule has 2 unspecified atom stereocenters. The number of nitrogens with two attached hydrogens (primary N) is 1. The van der Waals surface area contributed by atoms with Gasteiger partial charge in [-0.05, 0) is 23.9 Å². The van der Waals surface area contributed by atoms with Crippen LogP contribution < -0.4 is 5.73 Å². The lowest BCUT2D eigenvalue weighted by atomic mass is 10.1. The molecule has 2 atom stereocenters. The Morgan fingerprint density at radius 1 is 1.58 bits per heavy atom.